The highest BCUT2D eigenvalue weighted by molar-refractivity contribution is 7.87. The first-order valence-corrected chi connectivity index (χ1v) is 5.46. The van der Waals surface area contributed by atoms with Crippen LogP contribution in [0.2, 0.25) is 0 Å². The summed E-state index contributed by atoms with van der Waals surface area (Å²) in [7, 11) is 0.305. The van der Waals surface area contributed by atoms with Crippen LogP contribution in [-0.4, -0.2) is 53.7 Å². The van der Waals surface area contributed by atoms with Crippen LogP contribution in [-0.2, 0) is 14.9 Å². The zero-order chi connectivity index (χ0) is 10.3. The van der Waals surface area contributed by atoms with Crippen molar-refractivity contribution < 1.29 is 13.2 Å². The minimum absolute atomic E-state index is 0.215. The molecule has 0 radical (unpaired) electrons. The highest BCUT2D eigenvalue weighted by atomic mass is 32.2. The van der Waals surface area contributed by atoms with Gasteiger partial charge in [0.05, 0.1) is 13.2 Å². The summed E-state index contributed by atoms with van der Waals surface area (Å²) in [6, 6.07) is 0. The number of ether oxygens (including phenoxy) is 1. The number of rotatable bonds is 7. The molecular weight excluding hydrogens is 194 g/mol. The van der Waals surface area contributed by atoms with Gasteiger partial charge >= 0.3 is 0 Å². The Morgan fingerprint density at radius 3 is 2.46 bits per heavy atom. The smallest absolute Gasteiger partial charge is 0.274 e. The number of nitrogens with two attached hydrogens (primary N) is 1. The van der Waals surface area contributed by atoms with Crippen molar-refractivity contribution in [2.24, 2.45) is 5.14 Å². The maximum Gasteiger partial charge on any atom is 0.274 e. The van der Waals surface area contributed by atoms with Crippen LogP contribution in [0.4, 0.5) is 0 Å². The summed E-state index contributed by atoms with van der Waals surface area (Å²) >= 11 is 0. The lowest BCUT2D eigenvalue weighted by molar-refractivity contribution is 0.122. The first kappa shape index (κ1) is 12.8. The molecule has 13 heavy (non-hydrogen) atoms. The van der Waals surface area contributed by atoms with Gasteiger partial charge in [0.2, 0.25) is 0 Å². The van der Waals surface area contributed by atoms with E-state index in [9.17, 15) is 8.42 Å². The van der Waals surface area contributed by atoms with E-state index < -0.39 is 10.2 Å². The Hall–Kier alpha value is -0.210. The third kappa shape index (κ3) is 11.8. The van der Waals surface area contributed by atoms with E-state index in [0.29, 0.717) is 13.2 Å². The molecule has 0 aliphatic rings. The molecule has 0 spiro atoms. The molecule has 0 aliphatic heterocycles. The second-order valence-corrected chi connectivity index (χ2v) is 4.23. The Bertz CT molecular complexity index is 215. The Kier molecular flexibility index (Phi) is 6.17. The molecule has 0 heterocycles. The Morgan fingerprint density at radius 2 is 2.00 bits per heavy atom. The number of likely N-dealkylation sites (N-methyl/N-ethyl adjacent to an activating group) is 1. The van der Waals surface area contributed by atoms with E-state index in [1.807, 2.05) is 19.0 Å². The lowest BCUT2D eigenvalue weighted by Crippen LogP contribution is -2.33. The third-order valence-corrected chi connectivity index (χ3v) is 1.84. The fourth-order valence-electron chi connectivity index (χ4n) is 0.605. The highest BCUT2D eigenvalue weighted by Crippen LogP contribution is 1.78. The largest absolute Gasteiger partial charge is 0.379 e. The predicted molar refractivity (Wildman–Crippen MR) is 50.5 cm³/mol. The zero-order valence-corrected chi connectivity index (χ0v) is 8.80. The van der Waals surface area contributed by atoms with Crippen molar-refractivity contribution in [3.05, 3.63) is 0 Å². The number of hydrogen-bond acceptors (Lipinski definition) is 4. The quantitative estimate of drug-likeness (QED) is 0.495. The van der Waals surface area contributed by atoms with E-state index in [-0.39, 0.29) is 6.54 Å². The fraction of sp³-hybridized carbons (Fsp3) is 1.00. The molecule has 0 fully saturated rings. The van der Waals surface area contributed by atoms with Gasteiger partial charge in [0, 0.05) is 13.1 Å². The van der Waals surface area contributed by atoms with Gasteiger partial charge in [0.15, 0.2) is 0 Å². The Labute approximate surface area is 79.2 Å². The zero-order valence-electron chi connectivity index (χ0n) is 7.99. The van der Waals surface area contributed by atoms with Crippen molar-refractivity contribution >= 4 is 10.2 Å². The SMILES string of the molecule is CN(C)CCOCCNS(N)(=O)=O. The predicted octanol–water partition coefficient (Wildman–Crippen LogP) is -1.64. The molecule has 0 aromatic rings. The van der Waals surface area contributed by atoms with Crippen LogP contribution < -0.4 is 9.86 Å². The van der Waals surface area contributed by atoms with Gasteiger partial charge in [-0.25, -0.2) is 9.86 Å². The average Bonchev–Trinajstić information content (AvgIpc) is 1.93. The monoisotopic (exact) mass is 211 g/mol. The molecule has 0 aliphatic carbocycles. The molecule has 0 saturated heterocycles. The van der Waals surface area contributed by atoms with Crippen LogP contribution in [0.25, 0.3) is 0 Å². The van der Waals surface area contributed by atoms with Gasteiger partial charge in [-0.05, 0) is 14.1 Å². The molecule has 7 heteroatoms. The Balaban J connectivity index is 3.18. The molecule has 0 unspecified atom stereocenters. The molecule has 0 atom stereocenters. The second-order valence-electron chi connectivity index (χ2n) is 2.85. The summed E-state index contributed by atoms with van der Waals surface area (Å²) in [6.45, 7) is 1.95. The van der Waals surface area contributed by atoms with Gasteiger partial charge in [0.25, 0.3) is 10.2 Å². The molecular formula is C6H17N3O3S. The normalized spacial score (nSPS) is 12.3. The van der Waals surface area contributed by atoms with Crippen molar-refractivity contribution in [3.63, 3.8) is 0 Å². The van der Waals surface area contributed by atoms with Gasteiger partial charge in [-0.15, -0.1) is 0 Å². The van der Waals surface area contributed by atoms with Crippen molar-refractivity contribution in [3.8, 4) is 0 Å². The highest BCUT2D eigenvalue weighted by Gasteiger charge is 1.98. The molecule has 0 aromatic carbocycles. The van der Waals surface area contributed by atoms with Crippen LogP contribution >= 0.6 is 0 Å². The maximum absolute atomic E-state index is 10.4. The molecule has 3 N–H and O–H groups in total. The second kappa shape index (κ2) is 6.28. The first-order chi connectivity index (χ1) is 5.92. The van der Waals surface area contributed by atoms with Crippen LogP contribution in [0.3, 0.4) is 0 Å². The Morgan fingerprint density at radius 1 is 1.38 bits per heavy atom. The van der Waals surface area contributed by atoms with Crippen LogP contribution in [0.15, 0.2) is 0 Å². The van der Waals surface area contributed by atoms with Gasteiger partial charge in [-0.1, -0.05) is 0 Å². The molecule has 0 saturated carbocycles. The summed E-state index contributed by atoms with van der Waals surface area (Å²) in [5.74, 6) is 0. The van der Waals surface area contributed by atoms with E-state index >= 15 is 0 Å². The van der Waals surface area contributed by atoms with Gasteiger partial charge < -0.3 is 9.64 Å². The van der Waals surface area contributed by atoms with Crippen LogP contribution in [0.5, 0.6) is 0 Å². The summed E-state index contributed by atoms with van der Waals surface area (Å²) in [5.41, 5.74) is 0. The van der Waals surface area contributed by atoms with Gasteiger partial charge in [-0.3, -0.25) is 0 Å². The van der Waals surface area contributed by atoms with E-state index in [1.54, 1.807) is 0 Å². The minimum Gasteiger partial charge on any atom is -0.379 e. The number of hydrogen-bond donors (Lipinski definition) is 2. The molecule has 0 rings (SSSR count). The minimum atomic E-state index is -3.57. The molecule has 0 amide bonds. The lowest BCUT2D eigenvalue weighted by Gasteiger charge is -2.09. The molecule has 0 aromatic heterocycles. The van der Waals surface area contributed by atoms with Crippen molar-refractivity contribution in [1.29, 1.82) is 0 Å². The topological polar surface area (TPSA) is 84.7 Å². The lowest BCUT2D eigenvalue weighted by atomic mass is 10.6. The summed E-state index contributed by atoms with van der Waals surface area (Å²) in [5, 5.41) is 4.70. The number of nitrogens with one attached hydrogen (secondary N) is 1. The first-order valence-electron chi connectivity index (χ1n) is 3.91. The third-order valence-electron chi connectivity index (χ3n) is 1.23. The van der Waals surface area contributed by atoms with Crippen LogP contribution in [0.1, 0.15) is 0 Å². The fourth-order valence-corrected chi connectivity index (χ4v) is 0.973. The van der Waals surface area contributed by atoms with Crippen molar-refractivity contribution in [2.45, 2.75) is 0 Å². The molecule has 6 nitrogen and oxygen atoms in total. The standard InChI is InChI=1S/C6H17N3O3S/c1-9(2)4-6-12-5-3-8-13(7,10)11/h8H,3-6H2,1-2H3,(H2,7,10,11). The van der Waals surface area contributed by atoms with Gasteiger partial charge in [0.1, 0.15) is 0 Å². The van der Waals surface area contributed by atoms with Crippen LogP contribution in [0, 0.1) is 0 Å². The van der Waals surface area contributed by atoms with E-state index in [1.165, 1.54) is 0 Å². The van der Waals surface area contributed by atoms with E-state index in [0.717, 1.165) is 6.54 Å². The van der Waals surface area contributed by atoms with E-state index in [4.69, 9.17) is 9.88 Å². The van der Waals surface area contributed by atoms with E-state index in [2.05, 4.69) is 4.72 Å². The molecule has 0 bridgehead atoms. The van der Waals surface area contributed by atoms with Gasteiger partial charge in [-0.2, -0.15) is 8.42 Å². The summed E-state index contributed by atoms with van der Waals surface area (Å²) < 4.78 is 28.0. The number of nitrogens with zero attached hydrogens (tertiary/aromatic N) is 1. The maximum atomic E-state index is 10.4. The summed E-state index contributed by atoms with van der Waals surface area (Å²) in [6.07, 6.45) is 0. The molecule has 80 valence electrons. The van der Waals surface area contributed by atoms with Crippen molar-refractivity contribution in [1.82, 2.24) is 9.62 Å². The van der Waals surface area contributed by atoms with Crippen molar-refractivity contribution in [2.75, 3.05) is 40.4 Å². The summed E-state index contributed by atoms with van der Waals surface area (Å²) in [4.78, 5) is 1.98. The average molecular weight is 211 g/mol.